The first kappa shape index (κ1) is 8.91. The van der Waals surface area contributed by atoms with Gasteiger partial charge in [-0.25, -0.2) is 9.99 Å². The van der Waals surface area contributed by atoms with E-state index < -0.39 is 0 Å². The molecule has 1 aliphatic heterocycles. The molecule has 3 rings (SSSR count). The molecule has 0 saturated heterocycles. The number of rotatable bonds is 1. The van der Waals surface area contributed by atoms with E-state index in [4.69, 9.17) is 0 Å². The van der Waals surface area contributed by atoms with E-state index in [2.05, 4.69) is 31.0 Å². The van der Waals surface area contributed by atoms with E-state index in [1.165, 1.54) is 0 Å². The number of hydrazone groups is 1. The summed E-state index contributed by atoms with van der Waals surface area (Å²) in [6.07, 6.45) is 6.64. The van der Waals surface area contributed by atoms with Crippen LogP contribution in [0.4, 0.5) is 5.82 Å². The normalized spacial score (nSPS) is 15.4. The van der Waals surface area contributed by atoms with Gasteiger partial charge in [-0.2, -0.15) is 5.10 Å². The molecule has 3 heterocycles. The zero-order valence-corrected chi connectivity index (χ0v) is 9.53. The highest BCUT2D eigenvalue weighted by molar-refractivity contribution is 9.10. The lowest BCUT2D eigenvalue weighted by atomic mass is 10.3. The Labute approximate surface area is 95.1 Å². The van der Waals surface area contributed by atoms with Gasteiger partial charge in [0.25, 0.3) is 0 Å². The SMILES string of the molecule is Brc1cnc(N2CCC=N2)c2[nH]ccc12. The van der Waals surface area contributed by atoms with Crippen LogP contribution >= 0.6 is 15.9 Å². The van der Waals surface area contributed by atoms with Crippen molar-refractivity contribution in [2.75, 3.05) is 11.6 Å². The number of H-pyrrole nitrogens is 1. The smallest absolute Gasteiger partial charge is 0.173 e. The van der Waals surface area contributed by atoms with Gasteiger partial charge in [-0.3, -0.25) is 0 Å². The van der Waals surface area contributed by atoms with Gasteiger partial charge in [0.05, 0.1) is 5.52 Å². The molecule has 2 aromatic rings. The minimum atomic E-state index is 0.895. The number of hydrogen-bond donors (Lipinski definition) is 1. The first-order valence-electron chi connectivity index (χ1n) is 4.78. The van der Waals surface area contributed by atoms with Crippen molar-refractivity contribution in [2.24, 2.45) is 5.10 Å². The fraction of sp³-hybridized carbons (Fsp3) is 0.200. The molecule has 0 bridgehead atoms. The fourth-order valence-electron chi connectivity index (χ4n) is 1.76. The Balaban J connectivity index is 2.22. The van der Waals surface area contributed by atoms with Crippen LogP contribution in [0.1, 0.15) is 6.42 Å². The Morgan fingerprint density at radius 3 is 3.20 bits per heavy atom. The summed E-state index contributed by atoms with van der Waals surface area (Å²) in [7, 11) is 0. The van der Waals surface area contributed by atoms with Gasteiger partial charge in [0.2, 0.25) is 0 Å². The third-order valence-electron chi connectivity index (χ3n) is 2.46. The molecule has 5 heteroatoms. The number of halogens is 1. The molecule has 0 aromatic carbocycles. The van der Waals surface area contributed by atoms with Gasteiger partial charge in [-0.1, -0.05) is 0 Å². The first-order valence-corrected chi connectivity index (χ1v) is 5.57. The van der Waals surface area contributed by atoms with E-state index in [0.29, 0.717) is 0 Å². The van der Waals surface area contributed by atoms with Crippen molar-refractivity contribution in [3.05, 3.63) is 22.9 Å². The van der Waals surface area contributed by atoms with Crippen LogP contribution in [0.5, 0.6) is 0 Å². The van der Waals surface area contributed by atoms with Crippen molar-refractivity contribution in [3.63, 3.8) is 0 Å². The second-order valence-electron chi connectivity index (χ2n) is 3.41. The maximum atomic E-state index is 4.39. The summed E-state index contributed by atoms with van der Waals surface area (Å²) in [5, 5.41) is 7.34. The molecule has 1 aliphatic rings. The van der Waals surface area contributed by atoms with Crippen LogP contribution in [0.25, 0.3) is 10.9 Å². The molecule has 1 N–H and O–H groups in total. The molecule has 0 aliphatic carbocycles. The zero-order valence-electron chi connectivity index (χ0n) is 7.94. The molecule has 2 aromatic heterocycles. The number of aromatic amines is 1. The van der Waals surface area contributed by atoms with Crippen LogP contribution < -0.4 is 5.01 Å². The van der Waals surface area contributed by atoms with Gasteiger partial charge in [-0.05, 0) is 22.0 Å². The summed E-state index contributed by atoms with van der Waals surface area (Å²) >= 11 is 3.48. The van der Waals surface area contributed by atoms with E-state index in [1.54, 1.807) is 0 Å². The van der Waals surface area contributed by atoms with Crippen LogP contribution in [0.15, 0.2) is 28.0 Å². The zero-order chi connectivity index (χ0) is 10.3. The highest BCUT2D eigenvalue weighted by Crippen LogP contribution is 2.29. The second kappa shape index (κ2) is 3.34. The lowest BCUT2D eigenvalue weighted by Gasteiger charge is -2.13. The summed E-state index contributed by atoms with van der Waals surface area (Å²) in [6, 6.07) is 2.03. The average molecular weight is 265 g/mol. The van der Waals surface area contributed by atoms with Crippen LogP contribution in [-0.4, -0.2) is 22.7 Å². The Hall–Kier alpha value is -1.36. The molecule has 0 atom stereocenters. The van der Waals surface area contributed by atoms with Gasteiger partial charge in [0.1, 0.15) is 0 Å². The molecule has 0 amide bonds. The Morgan fingerprint density at radius 2 is 2.40 bits per heavy atom. The molecule has 15 heavy (non-hydrogen) atoms. The third kappa shape index (κ3) is 1.34. The molecule has 0 radical (unpaired) electrons. The van der Waals surface area contributed by atoms with Crippen LogP contribution in [-0.2, 0) is 0 Å². The lowest BCUT2D eigenvalue weighted by Crippen LogP contribution is -2.13. The van der Waals surface area contributed by atoms with Crippen LogP contribution in [0, 0.1) is 0 Å². The van der Waals surface area contributed by atoms with E-state index in [1.807, 2.05) is 29.7 Å². The minimum Gasteiger partial charge on any atom is -0.358 e. The highest BCUT2D eigenvalue weighted by Gasteiger charge is 2.15. The highest BCUT2D eigenvalue weighted by atomic mass is 79.9. The van der Waals surface area contributed by atoms with Gasteiger partial charge >= 0.3 is 0 Å². The molecule has 0 unspecified atom stereocenters. The molecule has 0 fully saturated rings. The number of hydrogen-bond acceptors (Lipinski definition) is 3. The van der Waals surface area contributed by atoms with Crippen molar-refractivity contribution in [1.82, 2.24) is 9.97 Å². The summed E-state index contributed by atoms with van der Waals surface area (Å²) in [4.78, 5) is 7.59. The summed E-state index contributed by atoms with van der Waals surface area (Å²) in [5.74, 6) is 0.895. The first-order chi connectivity index (χ1) is 7.36. The number of aromatic nitrogens is 2. The Bertz CT molecular complexity index is 531. The second-order valence-corrected chi connectivity index (χ2v) is 4.26. The topological polar surface area (TPSA) is 44.3 Å². The van der Waals surface area contributed by atoms with E-state index in [0.717, 1.165) is 34.2 Å². The molecule has 0 saturated carbocycles. The fourth-order valence-corrected chi connectivity index (χ4v) is 2.19. The van der Waals surface area contributed by atoms with Crippen LogP contribution in [0.2, 0.25) is 0 Å². The Kier molecular flexibility index (Phi) is 1.98. The van der Waals surface area contributed by atoms with E-state index in [-0.39, 0.29) is 0 Å². The maximum Gasteiger partial charge on any atom is 0.173 e. The maximum absolute atomic E-state index is 4.39. The summed E-state index contributed by atoms with van der Waals surface area (Å²) in [6.45, 7) is 0.906. The largest absolute Gasteiger partial charge is 0.358 e. The monoisotopic (exact) mass is 264 g/mol. The van der Waals surface area contributed by atoms with Gasteiger partial charge in [0, 0.05) is 41.4 Å². The molecular formula is C10H9BrN4. The average Bonchev–Trinajstić information content (AvgIpc) is 2.88. The van der Waals surface area contributed by atoms with Crippen molar-refractivity contribution < 1.29 is 0 Å². The molecule has 76 valence electrons. The molecule has 4 nitrogen and oxygen atoms in total. The molecule has 0 spiro atoms. The number of fused-ring (bicyclic) bond motifs is 1. The van der Waals surface area contributed by atoms with Crippen molar-refractivity contribution in [1.29, 1.82) is 0 Å². The number of nitrogens with zero attached hydrogens (tertiary/aromatic N) is 3. The van der Waals surface area contributed by atoms with Crippen molar-refractivity contribution in [3.8, 4) is 0 Å². The predicted octanol–water partition coefficient (Wildman–Crippen LogP) is 2.52. The van der Waals surface area contributed by atoms with E-state index >= 15 is 0 Å². The summed E-state index contributed by atoms with van der Waals surface area (Å²) in [5.41, 5.74) is 1.03. The van der Waals surface area contributed by atoms with Crippen LogP contribution in [0.3, 0.4) is 0 Å². The van der Waals surface area contributed by atoms with Crippen molar-refractivity contribution in [2.45, 2.75) is 6.42 Å². The summed E-state index contributed by atoms with van der Waals surface area (Å²) < 4.78 is 1.01. The lowest BCUT2D eigenvalue weighted by molar-refractivity contribution is 0.901. The Morgan fingerprint density at radius 1 is 1.47 bits per heavy atom. The molecular weight excluding hydrogens is 256 g/mol. The predicted molar refractivity (Wildman–Crippen MR) is 64.2 cm³/mol. The standard InChI is InChI=1S/C10H9BrN4/c11-8-6-13-10(15-5-1-3-14-15)9-7(8)2-4-12-9/h2-4,6,12H,1,5H2. The van der Waals surface area contributed by atoms with Crippen molar-refractivity contribution >= 4 is 38.9 Å². The number of anilines is 1. The quantitative estimate of drug-likeness (QED) is 0.861. The van der Waals surface area contributed by atoms with Gasteiger partial charge < -0.3 is 4.98 Å². The third-order valence-corrected chi connectivity index (χ3v) is 3.10. The van der Waals surface area contributed by atoms with Gasteiger partial charge in [-0.15, -0.1) is 0 Å². The minimum absolute atomic E-state index is 0.895. The number of nitrogens with one attached hydrogen (secondary N) is 1. The van der Waals surface area contributed by atoms with Gasteiger partial charge in [0.15, 0.2) is 5.82 Å². The number of pyridine rings is 1. The van der Waals surface area contributed by atoms with E-state index in [9.17, 15) is 0 Å².